The second kappa shape index (κ2) is 6.96. The Morgan fingerprint density at radius 2 is 2.11 bits per heavy atom. The molecule has 0 saturated heterocycles. The van der Waals surface area contributed by atoms with Crippen LogP contribution < -0.4 is 4.74 Å². The van der Waals surface area contributed by atoms with Gasteiger partial charge in [0.1, 0.15) is 13.0 Å². The van der Waals surface area contributed by atoms with Crippen molar-refractivity contribution in [3.63, 3.8) is 0 Å². The largest absolute Gasteiger partial charge is 0.481 e. The second-order valence-corrected chi connectivity index (χ2v) is 3.77. The maximum absolute atomic E-state index is 13.3. The van der Waals surface area contributed by atoms with Crippen LogP contribution in [-0.2, 0) is 14.3 Å². The molecule has 1 rings (SSSR count). The van der Waals surface area contributed by atoms with Crippen LogP contribution in [0.5, 0.6) is 5.75 Å². The number of rotatable bonds is 6. The van der Waals surface area contributed by atoms with Crippen molar-refractivity contribution in [3.05, 3.63) is 29.0 Å². The van der Waals surface area contributed by atoms with Gasteiger partial charge in [-0.05, 0) is 19.1 Å². The van der Waals surface area contributed by atoms with Crippen LogP contribution in [0.1, 0.15) is 13.3 Å². The maximum Gasteiger partial charge on any atom is 0.313 e. The smallest absolute Gasteiger partial charge is 0.313 e. The van der Waals surface area contributed by atoms with Crippen molar-refractivity contribution in [2.45, 2.75) is 13.3 Å². The van der Waals surface area contributed by atoms with Crippen molar-refractivity contribution in [2.75, 3.05) is 13.2 Å². The Hall–Kier alpha value is -1.62. The highest BCUT2D eigenvalue weighted by atomic mass is 35.5. The van der Waals surface area contributed by atoms with Gasteiger partial charge in [0.2, 0.25) is 0 Å². The Bertz CT molecular complexity index is 427. The summed E-state index contributed by atoms with van der Waals surface area (Å²) in [6, 6.07) is 4.03. The molecule has 0 atom stereocenters. The van der Waals surface area contributed by atoms with E-state index in [0.29, 0.717) is 0 Å². The molecule has 0 N–H and O–H groups in total. The van der Waals surface area contributed by atoms with Gasteiger partial charge in [-0.2, -0.15) is 0 Å². The fourth-order valence-electron chi connectivity index (χ4n) is 1.20. The Balaban J connectivity index is 2.50. The first-order chi connectivity index (χ1) is 8.54. The molecule has 1 aromatic carbocycles. The van der Waals surface area contributed by atoms with Crippen LogP contribution in [-0.4, -0.2) is 25.0 Å². The number of hydrogen-bond acceptors (Lipinski definition) is 4. The van der Waals surface area contributed by atoms with Crippen molar-refractivity contribution < 1.29 is 23.5 Å². The molecule has 1 aromatic rings. The number of halogens is 2. The van der Waals surface area contributed by atoms with E-state index in [4.69, 9.17) is 16.3 Å². The molecule has 0 aliphatic rings. The molecule has 0 spiro atoms. The molecule has 0 saturated carbocycles. The number of Topliss-reactive ketones (excluding diaryl/α,β-unsaturated/α-hetero) is 1. The van der Waals surface area contributed by atoms with E-state index in [2.05, 4.69) is 4.74 Å². The van der Waals surface area contributed by atoms with Crippen LogP contribution in [0.4, 0.5) is 4.39 Å². The summed E-state index contributed by atoms with van der Waals surface area (Å²) in [5, 5.41) is 0.0685. The molecule has 0 bridgehead atoms. The average molecular weight is 275 g/mol. The Morgan fingerprint density at radius 1 is 1.39 bits per heavy atom. The number of esters is 1. The van der Waals surface area contributed by atoms with Crippen LogP contribution in [0.15, 0.2) is 18.2 Å². The lowest BCUT2D eigenvalue weighted by molar-refractivity contribution is -0.145. The summed E-state index contributed by atoms with van der Waals surface area (Å²) in [6.07, 6.45) is -0.403. The standard InChI is InChI=1S/C12H12ClFO4/c1-2-17-11(16)6-8(15)7-18-12-9(13)4-3-5-10(12)14/h3-5H,2,6-7H2,1H3. The highest BCUT2D eigenvalue weighted by Gasteiger charge is 2.14. The average Bonchev–Trinajstić information content (AvgIpc) is 2.28. The number of ether oxygens (including phenoxy) is 2. The van der Waals surface area contributed by atoms with Gasteiger partial charge in [-0.15, -0.1) is 0 Å². The lowest BCUT2D eigenvalue weighted by Crippen LogP contribution is -2.17. The van der Waals surface area contributed by atoms with E-state index in [9.17, 15) is 14.0 Å². The summed E-state index contributed by atoms with van der Waals surface area (Å²) < 4.78 is 22.8. The van der Waals surface area contributed by atoms with Crippen molar-refractivity contribution in [1.29, 1.82) is 0 Å². The predicted octanol–water partition coefficient (Wildman–Crippen LogP) is 2.38. The molecule has 0 heterocycles. The third-order valence-corrected chi connectivity index (χ3v) is 2.24. The molecular formula is C12H12ClFO4. The third kappa shape index (κ3) is 4.33. The SMILES string of the molecule is CCOC(=O)CC(=O)COc1c(F)cccc1Cl. The fraction of sp³-hybridized carbons (Fsp3) is 0.333. The van der Waals surface area contributed by atoms with Gasteiger partial charge in [-0.3, -0.25) is 9.59 Å². The number of hydrogen-bond donors (Lipinski definition) is 0. The predicted molar refractivity (Wildman–Crippen MR) is 63.2 cm³/mol. The van der Waals surface area contributed by atoms with Gasteiger partial charge in [-0.25, -0.2) is 4.39 Å². The summed E-state index contributed by atoms with van der Waals surface area (Å²) in [6.45, 7) is 1.41. The van der Waals surface area contributed by atoms with E-state index in [1.54, 1.807) is 6.92 Å². The summed E-state index contributed by atoms with van der Waals surface area (Å²) in [5.74, 6) is -2.00. The summed E-state index contributed by atoms with van der Waals surface area (Å²) in [5.41, 5.74) is 0. The van der Waals surface area contributed by atoms with E-state index in [1.165, 1.54) is 12.1 Å². The van der Waals surface area contributed by atoms with Crippen molar-refractivity contribution in [3.8, 4) is 5.75 Å². The Kier molecular flexibility index (Phi) is 5.58. The number of para-hydroxylation sites is 1. The maximum atomic E-state index is 13.3. The topological polar surface area (TPSA) is 52.6 Å². The monoisotopic (exact) mass is 274 g/mol. The zero-order valence-corrected chi connectivity index (χ0v) is 10.5. The van der Waals surface area contributed by atoms with Gasteiger partial charge >= 0.3 is 5.97 Å². The minimum absolute atomic E-state index is 0.0685. The van der Waals surface area contributed by atoms with Crippen LogP contribution in [0.25, 0.3) is 0 Å². The molecule has 0 aromatic heterocycles. The molecular weight excluding hydrogens is 263 g/mol. The van der Waals surface area contributed by atoms with Gasteiger partial charge in [0, 0.05) is 0 Å². The molecule has 0 aliphatic carbocycles. The van der Waals surface area contributed by atoms with Gasteiger partial charge in [0.05, 0.1) is 11.6 Å². The third-order valence-electron chi connectivity index (χ3n) is 1.94. The molecule has 0 amide bonds. The Labute approximate surface area is 109 Å². The van der Waals surface area contributed by atoms with E-state index >= 15 is 0 Å². The van der Waals surface area contributed by atoms with Gasteiger partial charge in [0.15, 0.2) is 17.3 Å². The van der Waals surface area contributed by atoms with Crippen molar-refractivity contribution >= 4 is 23.4 Å². The van der Waals surface area contributed by atoms with E-state index in [-0.39, 0.29) is 17.4 Å². The molecule has 0 aliphatic heterocycles. The second-order valence-electron chi connectivity index (χ2n) is 3.36. The highest BCUT2D eigenvalue weighted by Crippen LogP contribution is 2.27. The number of carbonyl (C=O) groups excluding carboxylic acids is 2. The first-order valence-corrected chi connectivity index (χ1v) is 5.66. The summed E-state index contributed by atoms with van der Waals surface area (Å²) >= 11 is 5.70. The van der Waals surface area contributed by atoms with Crippen molar-refractivity contribution in [1.82, 2.24) is 0 Å². The lowest BCUT2D eigenvalue weighted by Gasteiger charge is -2.07. The zero-order chi connectivity index (χ0) is 13.5. The number of benzene rings is 1. The van der Waals surface area contributed by atoms with E-state index in [1.807, 2.05) is 0 Å². The van der Waals surface area contributed by atoms with Gasteiger partial charge in [0.25, 0.3) is 0 Å². The molecule has 6 heteroatoms. The number of carbonyl (C=O) groups is 2. The van der Waals surface area contributed by atoms with Crippen LogP contribution >= 0.6 is 11.6 Å². The highest BCUT2D eigenvalue weighted by molar-refractivity contribution is 6.32. The first kappa shape index (κ1) is 14.4. The summed E-state index contributed by atoms with van der Waals surface area (Å²) in [4.78, 5) is 22.3. The normalized spacial score (nSPS) is 9.94. The minimum Gasteiger partial charge on any atom is -0.481 e. The fourth-order valence-corrected chi connectivity index (χ4v) is 1.41. The van der Waals surface area contributed by atoms with Crippen LogP contribution in [0, 0.1) is 5.82 Å². The minimum atomic E-state index is -0.661. The molecule has 18 heavy (non-hydrogen) atoms. The molecule has 0 unspecified atom stereocenters. The number of ketones is 1. The first-order valence-electron chi connectivity index (χ1n) is 5.28. The molecule has 98 valence electrons. The van der Waals surface area contributed by atoms with Gasteiger partial charge < -0.3 is 9.47 Å². The summed E-state index contributed by atoms with van der Waals surface area (Å²) in [7, 11) is 0. The van der Waals surface area contributed by atoms with Crippen molar-refractivity contribution in [2.24, 2.45) is 0 Å². The van der Waals surface area contributed by atoms with Gasteiger partial charge in [-0.1, -0.05) is 17.7 Å². The molecule has 0 radical (unpaired) electrons. The van der Waals surface area contributed by atoms with E-state index in [0.717, 1.165) is 6.07 Å². The zero-order valence-electron chi connectivity index (χ0n) is 9.74. The quantitative estimate of drug-likeness (QED) is 0.590. The van der Waals surface area contributed by atoms with Crippen LogP contribution in [0.2, 0.25) is 5.02 Å². The molecule has 0 fully saturated rings. The molecule has 4 nitrogen and oxygen atoms in total. The van der Waals surface area contributed by atoms with E-state index < -0.39 is 30.6 Å². The Morgan fingerprint density at radius 3 is 2.72 bits per heavy atom. The lowest BCUT2D eigenvalue weighted by atomic mass is 10.3. The van der Waals surface area contributed by atoms with Crippen LogP contribution in [0.3, 0.4) is 0 Å².